The lowest BCUT2D eigenvalue weighted by molar-refractivity contribution is 0.176. The second-order valence-electron chi connectivity index (χ2n) is 4.32. The van der Waals surface area contributed by atoms with Gasteiger partial charge in [0.2, 0.25) is 0 Å². The number of aliphatic hydroxyl groups excluding tert-OH is 1. The Hall–Kier alpha value is -1.87. The van der Waals surface area contributed by atoms with E-state index in [0.717, 1.165) is 5.56 Å². The molecule has 2 aromatic rings. The zero-order chi connectivity index (χ0) is 13.7. The maximum atomic E-state index is 13.5. The highest BCUT2D eigenvalue weighted by Crippen LogP contribution is 2.23. The zero-order valence-corrected chi connectivity index (χ0v) is 10.8. The van der Waals surface area contributed by atoms with Crippen LogP contribution in [0.5, 0.6) is 5.75 Å². The Morgan fingerprint density at radius 1 is 1.16 bits per heavy atom. The Bertz CT molecular complexity index is 540. The van der Waals surface area contributed by atoms with E-state index in [1.165, 1.54) is 6.07 Å². The number of benzene rings is 2. The lowest BCUT2D eigenvalue weighted by Gasteiger charge is -2.13. The van der Waals surface area contributed by atoms with Crippen molar-refractivity contribution in [3.05, 3.63) is 65.5 Å². The summed E-state index contributed by atoms with van der Waals surface area (Å²) in [5.74, 6) is 0.426. The predicted octanol–water partition coefficient (Wildman–Crippen LogP) is 3.50. The molecule has 0 aliphatic heterocycles. The van der Waals surface area contributed by atoms with Gasteiger partial charge in [-0.05, 0) is 36.2 Å². The molecule has 2 rings (SSSR count). The molecule has 0 radical (unpaired) electrons. The molecule has 0 aliphatic carbocycles. The molecule has 1 atom stereocenters. The summed E-state index contributed by atoms with van der Waals surface area (Å²) in [5, 5.41) is 10.2. The molecule has 0 fully saturated rings. The first kappa shape index (κ1) is 13.6. The van der Waals surface area contributed by atoms with Crippen molar-refractivity contribution in [3.63, 3.8) is 0 Å². The first-order valence-electron chi connectivity index (χ1n) is 6.35. The van der Waals surface area contributed by atoms with Gasteiger partial charge >= 0.3 is 0 Å². The van der Waals surface area contributed by atoms with Gasteiger partial charge in [0.25, 0.3) is 0 Å². The minimum atomic E-state index is -0.739. The van der Waals surface area contributed by atoms with Crippen LogP contribution in [0.25, 0.3) is 0 Å². The highest BCUT2D eigenvalue weighted by Gasteiger charge is 2.12. The van der Waals surface area contributed by atoms with Crippen LogP contribution in [0, 0.1) is 5.82 Å². The van der Waals surface area contributed by atoms with E-state index in [0.29, 0.717) is 17.9 Å². The van der Waals surface area contributed by atoms with Gasteiger partial charge in [0.15, 0.2) is 0 Å². The molecule has 2 aromatic carbocycles. The second kappa shape index (κ2) is 6.34. The topological polar surface area (TPSA) is 29.5 Å². The predicted molar refractivity (Wildman–Crippen MR) is 72.7 cm³/mol. The van der Waals surface area contributed by atoms with Gasteiger partial charge in [-0.1, -0.05) is 30.3 Å². The highest BCUT2D eigenvalue weighted by molar-refractivity contribution is 5.31. The van der Waals surface area contributed by atoms with E-state index in [-0.39, 0.29) is 12.2 Å². The number of rotatable bonds is 5. The fourth-order valence-electron chi connectivity index (χ4n) is 1.97. The number of hydrogen-bond acceptors (Lipinski definition) is 2. The highest BCUT2D eigenvalue weighted by atomic mass is 19.1. The van der Waals surface area contributed by atoms with Crippen LogP contribution in [-0.4, -0.2) is 11.7 Å². The smallest absolute Gasteiger partial charge is 0.126 e. The van der Waals surface area contributed by atoms with Gasteiger partial charge < -0.3 is 9.84 Å². The van der Waals surface area contributed by atoms with Gasteiger partial charge in [-0.2, -0.15) is 0 Å². The summed E-state index contributed by atoms with van der Waals surface area (Å²) in [7, 11) is 0. The molecule has 0 amide bonds. The molecule has 1 unspecified atom stereocenters. The average molecular weight is 260 g/mol. The fourth-order valence-corrected chi connectivity index (χ4v) is 1.97. The maximum absolute atomic E-state index is 13.5. The van der Waals surface area contributed by atoms with Crippen molar-refractivity contribution < 1.29 is 14.2 Å². The number of aliphatic hydroxyl groups is 1. The third-order valence-electron chi connectivity index (χ3n) is 2.92. The van der Waals surface area contributed by atoms with Crippen molar-refractivity contribution in [2.45, 2.75) is 19.4 Å². The molecule has 0 saturated carbocycles. The van der Waals surface area contributed by atoms with Crippen LogP contribution in [0.15, 0.2) is 48.5 Å². The summed E-state index contributed by atoms with van der Waals surface area (Å²) < 4.78 is 18.9. The van der Waals surface area contributed by atoms with E-state index in [1.807, 2.05) is 25.1 Å². The normalized spacial score (nSPS) is 12.2. The molecular formula is C16H17FO2. The summed E-state index contributed by atoms with van der Waals surface area (Å²) in [5.41, 5.74) is 1.24. The third-order valence-corrected chi connectivity index (χ3v) is 2.92. The summed E-state index contributed by atoms with van der Waals surface area (Å²) in [6.07, 6.45) is -0.486. The van der Waals surface area contributed by atoms with Gasteiger partial charge in [-0.3, -0.25) is 0 Å². The van der Waals surface area contributed by atoms with Gasteiger partial charge in [-0.15, -0.1) is 0 Å². The molecule has 3 heteroatoms. The number of ether oxygens (including phenoxy) is 1. The summed E-state index contributed by atoms with van der Waals surface area (Å²) in [4.78, 5) is 0. The van der Waals surface area contributed by atoms with E-state index >= 15 is 0 Å². The average Bonchev–Trinajstić information content (AvgIpc) is 2.42. The Morgan fingerprint density at radius 2 is 1.95 bits per heavy atom. The lowest BCUT2D eigenvalue weighted by Crippen LogP contribution is -2.04. The largest absolute Gasteiger partial charge is 0.494 e. The molecule has 0 saturated heterocycles. The third kappa shape index (κ3) is 3.55. The maximum Gasteiger partial charge on any atom is 0.126 e. The van der Waals surface area contributed by atoms with E-state index in [9.17, 15) is 9.50 Å². The molecule has 0 aromatic heterocycles. The standard InChI is InChI=1S/C16H17FO2/c1-2-19-14-8-5-7-13(10-14)16(18)11-12-6-3-4-9-15(12)17/h3-10,16,18H,2,11H2,1H3. The molecular weight excluding hydrogens is 243 g/mol. The number of halogens is 1. The van der Waals surface area contributed by atoms with Crippen LogP contribution in [0.2, 0.25) is 0 Å². The molecule has 0 bridgehead atoms. The van der Waals surface area contributed by atoms with Crippen molar-refractivity contribution in [2.75, 3.05) is 6.61 Å². The van der Waals surface area contributed by atoms with Gasteiger partial charge in [0, 0.05) is 6.42 Å². The van der Waals surface area contributed by atoms with Crippen molar-refractivity contribution in [1.29, 1.82) is 0 Å². The summed E-state index contributed by atoms with van der Waals surface area (Å²) in [6, 6.07) is 13.8. The van der Waals surface area contributed by atoms with Gasteiger partial charge in [-0.25, -0.2) is 4.39 Å². The number of hydrogen-bond donors (Lipinski definition) is 1. The van der Waals surface area contributed by atoms with Crippen LogP contribution in [0.4, 0.5) is 4.39 Å². The Balaban J connectivity index is 2.13. The van der Waals surface area contributed by atoms with E-state index in [1.54, 1.807) is 24.3 Å². The van der Waals surface area contributed by atoms with Crippen molar-refractivity contribution in [3.8, 4) is 5.75 Å². The zero-order valence-electron chi connectivity index (χ0n) is 10.8. The van der Waals surface area contributed by atoms with Crippen LogP contribution in [0.1, 0.15) is 24.2 Å². The van der Waals surface area contributed by atoms with Crippen molar-refractivity contribution >= 4 is 0 Å². The van der Waals surface area contributed by atoms with Crippen molar-refractivity contribution in [1.82, 2.24) is 0 Å². The molecule has 0 heterocycles. The quantitative estimate of drug-likeness (QED) is 0.891. The van der Waals surface area contributed by atoms with Gasteiger partial charge in [0.1, 0.15) is 11.6 Å². The Morgan fingerprint density at radius 3 is 2.68 bits per heavy atom. The van der Waals surface area contributed by atoms with E-state index < -0.39 is 6.10 Å². The second-order valence-corrected chi connectivity index (χ2v) is 4.32. The molecule has 19 heavy (non-hydrogen) atoms. The van der Waals surface area contributed by atoms with Crippen LogP contribution < -0.4 is 4.74 Å². The minimum absolute atomic E-state index is 0.252. The van der Waals surface area contributed by atoms with Crippen LogP contribution in [-0.2, 0) is 6.42 Å². The Labute approximate surface area is 112 Å². The molecule has 1 N–H and O–H groups in total. The van der Waals surface area contributed by atoms with Crippen LogP contribution in [0.3, 0.4) is 0 Å². The van der Waals surface area contributed by atoms with E-state index in [4.69, 9.17) is 4.74 Å². The minimum Gasteiger partial charge on any atom is -0.494 e. The Kier molecular flexibility index (Phi) is 4.53. The lowest BCUT2D eigenvalue weighted by atomic mass is 10.0. The van der Waals surface area contributed by atoms with Gasteiger partial charge in [0.05, 0.1) is 12.7 Å². The summed E-state index contributed by atoms with van der Waals surface area (Å²) in [6.45, 7) is 2.48. The molecule has 2 nitrogen and oxygen atoms in total. The molecule has 0 aliphatic rings. The SMILES string of the molecule is CCOc1cccc(C(O)Cc2ccccc2F)c1. The fraction of sp³-hybridized carbons (Fsp3) is 0.250. The molecule has 0 spiro atoms. The summed E-state index contributed by atoms with van der Waals surface area (Å²) >= 11 is 0. The van der Waals surface area contributed by atoms with Crippen LogP contribution >= 0.6 is 0 Å². The molecule has 100 valence electrons. The van der Waals surface area contributed by atoms with E-state index in [2.05, 4.69) is 0 Å². The monoisotopic (exact) mass is 260 g/mol. The van der Waals surface area contributed by atoms with Crippen molar-refractivity contribution in [2.24, 2.45) is 0 Å². The first-order valence-corrected chi connectivity index (χ1v) is 6.35. The first-order chi connectivity index (χ1) is 9.20.